The zero-order chi connectivity index (χ0) is 33.0. The summed E-state index contributed by atoms with van der Waals surface area (Å²) in [6, 6.07) is 68.9. The average Bonchev–Trinajstić information content (AvgIpc) is 3.56. The molecule has 0 aliphatic heterocycles. The van der Waals surface area contributed by atoms with Crippen LogP contribution in [-0.2, 0) is 0 Å². The molecule has 0 unspecified atom stereocenters. The van der Waals surface area contributed by atoms with Crippen LogP contribution in [-0.4, -0.2) is 0 Å². The normalized spacial score (nSPS) is 11.6. The van der Waals surface area contributed by atoms with Crippen LogP contribution in [0.4, 0.5) is 17.1 Å². The Kier molecular flexibility index (Phi) is 6.75. The van der Waals surface area contributed by atoms with Gasteiger partial charge in [0.05, 0.1) is 0 Å². The molecule has 9 aromatic carbocycles. The minimum Gasteiger partial charge on any atom is -0.310 e. The first-order chi connectivity index (χ1) is 24.8. The van der Waals surface area contributed by atoms with E-state index < -0.39 is 0 Å². The van der Waals surface area contributed by atoms with Gasteiger partial charge >= 0.3 is 0 Å². The van der Waals surface area contributed by atoms with Crippen LogP contribution in [0.1, 0.15) is 0 Å². The van der Waals surface area contributed by atoms with Crippen molar-refractivity contribution in [1.82, 2.24) is 0 Å². The molecule has 0 amide bonds. The third kappa shape index (κ3) is 4.84. The highest BCUT2D eigenvalue weighted by molar-refractivity contribution is 7.25. The van der Waals surface area contributed by atoms with Gasteiger partial charge in [-0.3, -0.25) is 0 Å². The molecule has 0 radical (unpaired) electrons. The van der Waals surface area contributed by atoms with Gasteiger partial charge in [-0.25, -0.2) is 0 Å². The molecule has 10 aromatic rings. The third-order valence-electron chi connectivity index (χ3n) is 10.0. The number of nitrogens with zero attached hydrogens (tertiary/aromatic N) is 1. The van der Waals surface area contributed by atoms with E-state index in [1.165, 1.54) is 74.7 Å². The van der Waals surface area contributed by atoms with Crippen molar-refractivity contribution >= 4 is 80.9 Å². The first kappa shape index (κ1) is 28.8. The van der Waals surface area contributed by atoms with E-state index in [4.69, 9.17) is 0 Å². The van der Waals surface area contributed by atoms with Crippen molar-refractivity contribution in [2.75, 3.05) is 4.90 Å². The summed E-state index contributed by atoms with van der Waals surface area (Å²) in [5, 5.41) is 10.2. The number of anilines is 3. The Labute approximate surface area is 294 Å². The van der Waals surface area contributed by atoms with E-state index >= 15 is 0 Å². The molecule has 0 saturated heterocycles. The lowest BCUT2D eigenvalue weighted by molar-refractivity contribution is 1.29. The van der Waals surface area contributed by atoms with Gasteiger partial charge in [-0.05, 0) is 115 Å². The molecule has 0 bridgehead atoms. The number of rotatable bonds is 5. The molecule has 1 heterocycles. The van der Waals surface area contributed by atoms with Crippen LogP contribution in [0.3, 0.4) is 0 Å². The number of hydrogen-bond acceptors (Lipinski definition) is 2. The Hall–Kier alpha value is -6.22. The molecule has 50 heavy (non-hydrogen) atoms. The molecule has 0 N–H and O–H groups in total. The van der Waals surface area contributed by atoms with E-state index in [1.54, 1.807) is 0 Å². The maximum Gasteiger partial charge on any atom is 0.0468 e. The summed E-state index contributed by atoms with van der Waals surface area (Å²) in [6.45, 7) is 0. The maximum atomic E-state index is 2.41. The Morgan fingerprint density at radius 3 is 1.80 bits per heavy atom. The highest BCUT2D eigenvalue weighted by Crippen LogP contribution is 2.43. The third-order valence-corrected chi connectivity index (χ3v) is 11.2. The second kappa shape index (κ2) is 11.7. The van der Waals surface area contributed by atoms with Gasteiger partial charge in [0.2, 0.25) is 0 Å². The molecule has 0 fully saturated rings. The van der Waals surface area contributed by atoms with Gasteiger partial charge in [0.25, 0.3) is 0 Å². The van der Waals surface area contributed by atoms with E-state index in [0.717, 1.165) is 17.1 Å². The molecule has 234 valence electrons. The van der Waals surface area contributed by atoms with Gasteiger partial charge in [-0.2, -0.15) is 0 Å². The van der Waals surface area contributed by atoms with E-state index in [-0.39, 0.29) is 0 Å². The predicted molar refractivity (Wildman–Crippen MR) is 217 cm³/mol. The Morgan fingerprint density at radius 2 is 0.940 bits per heavy atom. The number of benzene rings is 9. The summed E-state index contributed by atoms with van der Waals surface area (Å²) in [5.41, 5.74) is 8.25. The predicted octanol–water partition coefficient (Wildman–Crippen LogP) is 14.3. The SMILES string of the molecule is c1cc(-c2cc3ccccc3c3ccccc23)cc(N(c2ccc(-c3ccc4ccccc4c3)cc2)c2ccc3sc4ccccc4c3c2)c1. The number of thiophene rings is 1. The first-order valence-corrected chi connectivity index (χ1v) is 17.9. The highest BCUT2D eigenvalue weighted by Gasteiger charge is 2.17. The van der Waals surface area contributed by atoms with E-state index in [9.17, 15) is 0 Å². The van der Waals surface area contributed by atoms with Crippen LogP contribution >= 0.6 is 11.3 Å². The average molecular weight is 654 g/mol. The molecule has 0 saturated carbocycles. The monoisotopic (exact) mass is 653 g/mol. The highest BCUT2D eigenvalue weighted by atomic mass is 32.1. The van der Waals surface area contributed by atoms with Crippen LogP contribution < -0.4 is 4.90 Å². The molecule has 0 aliphatic rings. The van der Waals surface area contributed by atoms with Crippen molar-refractivity contribution in [2.24, 2.45) is 0 Å². The Balaban J connectivity index is 1.14. The van der Waals surface area contributed by atoms with Crippen LogP contribution in [0.25, 0.3) is 74.7 Å². The zero-order valence-electron chi connectivity index (χ0n) is 27.3. The topological polar surface area (TPSA) is 3.24 Å². The molecule has 0 spiro atoms. The lowest BCUT2D eigenvalue weighted by atomic mass is 9.93. The summed E-state index contributed by atoms with van der Waals surface area (Å²) >= 11 is 1.86. The first-order valence-electron chi connectivity index (χ1n) is 17.1. The summed E-state index contributed by atoms with van der Waals surface area (Å²) in [7, 11) is 0. The zero-order valence-corrected chi connectivity index (χ0v) is 28.1. The molecular formula is C48H31NS. The van der Waals surface area contributed by atoms with Crippen LogP contribution in [0.5, 0.6) is 0 Å². The minimum atomic E-state index is 1.12. The van der Waals surface area contributed by atoms with Gasteiger partial charge in [0.15, 0.2) is 0 Å². The van der Waals surface area contributed by atoms with Crippen LogP contribution in [0.2, 0.25) is 0 Å². The van der Waals surface area contributed by atoms with Crippen molar-refractivity contribution in [2.45, 2.75) is 0 Å². The summed E-state index contributed by atoms with van der Waals surface area (Å²) in [6.07, 6.45) is 0. The standard InChI is InChI=1S/C48H31NS/c1-2-11-34-28-35(21-20-32(34)10-1)33-22-24-38(25-23-33)49(40-26-27-48-46(31-40)44-18-7-8-19-47(44)50-48)39-14-9-13-36(29-39)45-30-37-12-3-4-15-41(37)42-16-5-6-17-43(42)45/h1-31H. The number of hydrogen-bond donors (Lipinski definition) is 0. The lowest BCUT2D eigenvalue weighted by Crippen LogP contribution is -2.10. The van der Waals surface area contributed by atoms with Crippen LogP contribution in [0, 0.1) is 0 Å². The Morgan fingerprint density at radius 1 is 0.300 bits per heavy atom. The molecular weight excluding hydrogens is 623 g/mol. The fraction of sp³-hybridized carbons (Fsp3) is 0. The quantitative estimate of drug-likeness (QED) is 0.167. The van der Waals surface area contributed by atoms with E-state index in [1.807, 2.05) is 11.3 Å². The second-order valence-electron chi connectivity index (χ2n) is 13.0. The molecule has 2 heteroatoms. The van der Waals surface area contributed by atoms with Gasteiger partial charge in [0.1, 0.15) is 0 Å². The summed E-state index contributed by atoms with van der Waals surface area (Å²) in [4.78, 5) is 2.41. The molecule has 10 rings (SSSR count). The van der Waals surface area contributed by atoms with Gasteiger partial charge < -0.3 is 4.90 Å². The van der Waals surface area contributed by atoms with Crippen LogP contribution in [0.15, 0.2) is 188 Å². The fourth-order valence-corrected chi connectivity index (χ4v) is 8.66. The Bertz CT molecular complexity index is 2880. The number of fused-ring (bicyclic) bond motifs is 7. The summed E-state index contributed by atoms with van der Waals surface area (Å²) < 4.78 is 2.62. The van der Waals surface area contributed by atoms with Crippen molar-refractivity contribution in [3.8, 4) is 22.3 Å². The van der Waals surface area contributed by atoms with Gasteiger partial charge in [-0.15, -0.1) is 11.3 Å². The molecule has 1 nitrogen and oxygen atoms in total. The van der Waals surface area contributed by atoms with Gasteiger partial charge in [0, 0.05) is 37.2 Å². The lowest BCUT2D eigenvalue weighted by Gasteiger charge is -2.26. The minimum absolute atomic E-state index is 1.12. The molecule has 0 atom stereocenters. The molecule has 1 aromatic heterocycles. The summed E-state index contributed by atoms with van der Waals surface area (Å²) in [5.74, 6) is 0. The van der Waals surface area contributed by atoms with Crippen molar-refractivity contribution in [3.05, 3.63) is 188 Å². The molecule has 0 aliphatic carbocycles. The second-order valence-corrected chi connectivity index (χ2v) is 14.0. The smallest absolute Gasteiger partial charge is 0.0468 e. The van der Waals surface area contributed by atoms with Crippen molar-refractivity contribution in [3.63, 3.8) is 0 Å². The maximum absolute atomic E-state index is 2.41. The van der Waals surface area contributed by atoms with E-state index in [0.29, 0.717) is 0 Å². The van der Waals surface area contributed by atoms with Crippen molar-refractivity contribution < 1.29 is 0 Å². The fourth-order valence-electron chi connectivity index (χ4n) is 7.58. The van der Waals surface area contributed by atoms with Gasteiger partial charge in [-0.1, -0.05) is 127 Å². The largest absolute Gasteiger partial charge is 0.310 e. The van der Waals surface area contributed by atoms with E-state index in [2.05, 4.69) is 193 Å². The van der Waals surface area contributed by atoms with Crippen molar-refractivity contribution in [1.29, 1.82) is 0 Å².